The summed E-state index contributed by atoms with van der Waals surface area (Å²) in [5.74, 6) is 2.20. The van der Waals surface area contributed by atoms with Gasteiger partial charge in [-0.25, -0.2) is 0 Å². The SMILES string of the molecule is COc1cc(OC)c(C2OC2C)c(OC)c1. The van der Waals surface area contributed by atoms with Crippen LogP contribution in [0.25, 0.3) is 0 Å². The van der Waals surface area contributed by atoms with Crippen molar-refractivity contribution in [3.63, 3.8) is 0 Å². The number of rotatable bonds is 4. The van der Waals surface area contributed by atoms with Crippen LogP contribution in [0.15, 0.2) is 12.1 Å². The van der Waals surface area contributed by atoms with E-state index in [1.807, 2.05) is 19.1 Å². The predicted molar refractivity (Wildman–Crippen MR) is 59.4 cm³/mol. The molecule has 4 heteroatoms. The average Bonchev–Trinajstić information content (AvgIpc) is 3.03. The lowest BCUT2D eigenvalue weighted by atomic mass is 10.1. The second-order valence-corrected chi connectivity index (χ2v) is 3.71. The van der Waals surface area contributed by atoms with Gasteiger partial charge in [0.15, 0.2) is 0 Å². The summed E-state index contributed by atoms with van der Waals surface area (Å²) in [4.78, 5) is 0. The molecule has 1 aliphatic heterocycles. The summed E-state index contributed by atoms with van der Waals surface area (Å²) >= 11 is 0. The Bertz CT molecular complexity index is 364. The Morgan fingerprint density at radius 3 is 1.81 bits per heavy atom. The van der Waals surface area contributed by atoms with Gasteiger partial charge in [0.2, 0.25) is 0 Å². The zero-order valence-electron chi connectivity index (χ0n) is 9.94. The first-order valence-corrected chi connectivity index (χ1v) is 5.16. The number of ether oxygens (including phenoxy) is 4. The Morgan fingerprint density at radius 1 is 1.00 bits per heavy atom. The van der Waals surface area contributed by atoms with Crippen LogP contribution in [0.1, 0.15) is 18.6 Å². The molecule has 16 heavy (non-hydrogen) atoms. The van der Waals surface area contributed by atoms with E-state index in [9.17, 15) is 0 Å². The average molecular weight is 224 g/mol. The molecule has 4 nitrogen and oxygen atoms in total. The van der Waals surface area contributed by atoms with Crippen molar-refractivity contribution < 1.29 is 18.9 Å². The molecule has 2 atom stereocenters. The maximum absolute atomic E-state index is 5.46. The van der Waals surface area contributed by atoms with E-state index < -0.39 is 0 Å². The van der Waals surface area contributed by atoms with E-state index in [4.69, 9.17) is 18.9 Å². The lowest BCUT2D eigenvalue weighted by Gasteiger charge is -2.13. The van der Waals surface area contributed by atoms with E-state index in [0.29, 0.717) is 5.75 Å². The summed E-state index contributed by atoms with van der Waals surface area (Å²) in [6.07, 6.45) is 0.284. The third-order valence-electron chi connectivity index (χ3n) is 2.75. The Labute approximate surface area is 95.1 Å². The molecule has 1 aromatic rings. The molecule has 0 bridgehead atoms. The second-order valence-electron chi connectivity index (χ2n) is 3.71. The minimum Gasteiger partial charge on any atom is -0.496 e. The van der Waals surface area contributed by atoms with Crippen molar-refractivity contribution in [1.82, 2.24) is 0 Å². The topological polar surface area (TPSA) is 40.2 Å². The molecule has 1 aliphatic rings. The van der Waals surface area contributed by atoms with E-state index >= 15 is 0 Å². The minimum atomic E-state index is 0.0656. The molecule has 1 fully saturated rings. The standard InChI is InChI=1S/C12H16O4/c1-7-12(16-7)11-9(14-3)5-8(13-2)6-10(11)15-4/h5-7,12H,1-4H3. The summed E-state index contributed by atoms with van der Waals surface area (Å²) in [5.41, 5.74) is 0.957. The van der Waals surface area contributed by atoms with Gasteiger partial charge in [0.1, 0.15) is 23.4 Å². The lowest BCUT2D eigenvalue weighted by molar-refractivity contribution is 0.344. The van der Waals surface area contributed by atoms with Crippen LogP contribution >= 0.6 is 0 Å². The predicted octanol–water partition coefficient (Wildman–Crippen LogP) is 2.17. The first-order chi connectivity index (χ1) is 7.71. The van der Waals surface area contributed by atoms with Crippen LogP contribution in [0.5, 0.6) is 17.2 Å². The third-order valence-corrected chi connectivity index (χ3v) is 2.75. The molecule has 0 aliphatic carbocycles. The number of benzene rings is 1. The molecule has 0 N–H and O–H groups in total. The van der Waals surface area contributed by atoms with Gasteiger partial charge >= 0.3 is 0 Å². The van der Waals surface area contributed by atoms with Gasteiger partial charge in [-0.15, -0.1) is 0 Å². The Balaban J connectivity index is 2.46. The zero-order valence-corrected chi connectivity index (χ0v) is 9.94. The highest BCUT2D eigenvalue weighted by Crippen LogP contribution is 2.48. The van der Waals surface area contributed by atoms with Crippen LogP contribution in [-0.4, -0.2) is 27.4 Å². The van der Waals surface area contributed by atoms with E-state index in [2.05, 4.69) is 0 Å². The van der Waals surface area contributed by atoms with E-state index in [-0.39, 0.29) is 12.2 Å². The molecule has 2 rings (SSSR count). The Morgan fingerprint density at radius 2 is 1.50 bits per heavy atom. The van der Waals surface area contributed by atoms with E-state index in [0.717, 1.165) is 17.1 Å². The molecular formula is C12H16O4. The number of hydrogen-bond acceptors (Lipinski definition) is 4. The minimum absolute atomic E-state index is 0.0656. The summed E-state index contributed by atoms with van der Waals surface area (Å²) in [6, 6.07) is 3.68. The molecule has 0 saturated carbocycles. The lowest BCUT2D eigenvalue weighted by Crippen LogP contribution is -1.98. The fourth-order valence-corrected chi connectivity index (χ4v) is 1.80. The van der Waals surface area contributed by atoms with Crippen LogP contribution < -0.4 is 14.2 Å². The Hall–Kier alpha value is -1.42. The fourth-order valence-electron chi connectivity index (χ4n) is 1.80. The van der Waals surface area contributed by atoms with Crippen molar-refractivity contribution in [2.45, 2.75) is 19.1 Å². The first-order valence-electron chi connectivity index (χ1n) is 5.16. The van der Waals surface area contributed by atoms with Gasteiger partial charge in [-0.2, -0.15) is 0 Å². The van der Waals surface area contributed by atoms with Crippen molar-refractivity contribution in [3.05, 3.63) is 17.7 Å². The van der Waals surface area contributed by atoms with Gasteiger partial charge < -0.3 is 18.9 Å². The van der Waals surface area contributed by atoms with E-state index in [1.54, 1.807) is 21.3 Å². The summed E-state index contributed by atoms with van der Waals surface area (Å²) in [5, 5.41) is 0. The maximum atomic E-state index is 5.46. The van der Waals surface area contributed by atoms with Gasteiger partial charge in [-0.05, 0) is 6.92 Å². The first kappa shape index (κ1) is 11.1. The van der Waals surface area contributed by atoms with Gasteiger partial charge in [-0.3, -0.25) is 0 Å². The largest absolute Gasteiger partial charge is 0.496 e. The summed E-state index contributed by atoms with van der Waals surface area (Å²) < 4.78 is 21.3. The van der Waals surface area contributed by atoms with Crippen molar-refractivity contribution in [1.29, 1.82) is 0 Å². The highest BCUT2D eigenvalue weighted by molar-refractivity contribution is 5.53. The molecular weight excluding hydrogens is 208 g/mol. The third kappa shape index (κ3) is 1.80. The number of hydrogen-bond donors (Lipinski definition) is 0. The second kappa shape index (κ2) is 4.22. The molecule has 0 spiro atoms. The van der Waals surface area contributed by atoms with Crippen molar-refractivity contribution in [2.75, 3.05) is 21.3 Å². The molecule has 2 unspecified atom stereocenters. The molecule has 0 amide bonds. The smallest absolute Gasteiger partial charge is 0.132 e. The van der Waals surface area contributed by atoms with Crippen LogP contribution in [0.2, 0.25) is 0 Å². The maximum Gasteiger partial charge on any atom is 0.132 e. The molecule has 1 heterocycles. The summed E-state index contributed by atoms with van der Waals surface area (Å²) in [6.45, 7) is 2.02. The highest BCUT2D eigenvalue weighted by atomic mass is 16.6. The molecule has 0 radical (unpaired) electrons. The van der Waals surface area contributed by atoms with Gasteiger partial charge in [0.25, 0.3) is 0 Å². The summed E-state index contributed by atoms with van der Waals surface area (Å²) in [7, 11) is 4.87. The number of methoxy groups -OCH3 is 3. The molecule has 1 aromatic carbocycles. The fraction of sp³-hybridized carbons (Fsp3) is 0.500. The molecule has 0 aromatic heterocycles. The van der Waals surface area contributed by atoms with Gasteiger partial charge in [0, 0.05) is 12.1 Å². The van der Waals surface area contributed by atoms with Gasteiger partial charge in [0.05, 0.1) is 33.0 Å². The molecule has 88 valence electrons. The highest BCUT2D eigenvalue weighted by Gasteiger charge is 2.40. The van der Waals surface area contributed by atoms with Crippen LogP contribution in [0.4, 0.5) is 0 Å². The van der Waals surface area contributed by atoms with Crippen molar-refractivity contribution >= 4 is 0 Å². The quantitative estimate of drug-likeness (QED) is 0.735. The zero-order chi connectivity index (χ0) is 11.7. The monoisotopic (exact) mass is 224 g/mol. The van der Waals surface area contributed by atoms with Crippen molar-refractivity contribution in [3.8, 4) is 17.2 Å². The van der Waals surface area contributed by atoms with Crippen LogP contribution in [0, 0.1) is 0 Å². The van der Waals surface area contributed by atoms with Crippen LogP contribution in [0.3, 0.4) is 0 Å². The van der Waals surface area contributed by atoms with E-state index in [1.165, 1.54) is 0 Å². The van der Waals surface area contributed by atoms with Crippen molar-refractivity contribution in [2.24, 2.45) is 0 Å². The number of epoxide rings is 1. The van der Waals surface area contributed by atoms with Gasteiger partial charge in [-0.1, -0.05) is 0 Å². The normalized spacial score (nSPS) is 22.8. The van der Waals surface area contributed by atoms with Crippen LogP contribution in [-0.2, 0) is 4.74 Å². The Kier molecular flexibility index (Phi) is 2.92. The molecule has 1 saturated heterocycles.